The Morgan fingerprint density at radius 2 is 0.986 bits per heavy atom. The van der Waals surface area contributed by atoms with Crippen molar-refractivity contribution in [3.8, 4) is 33.8 Å². The predicted molar refractivity (Wildman–Crippen MR) is 230 cm³/mol. The molecule has 0 aliphatic rings. The highest BCUT2D eigenvalue weighted by Crippen LogP contribution is 2.36. The first kappa shape index (κ1) is 51.0. The SMILES string of the molecule is Cc1nnsc1C(=O)Nc1ccc(-c2cc(C(F)(F)F)nn2C)c(F)c1.Cc1nnsc1CNc1ccc(-c2cc(C(F)(F)F)nn2C)c(F)c1.Cn1nc(C(F)(F)F)cc1-c1ccc(N)cc1F. The van der Waals surface area contributed by atoms with Crippen LogP contribution in [0.2, 0.25) is 0 Å². The van der Waals surface area contributed by atoms with Gasteiger partial charge in [0.1, 0.15) is 22.3 Å². The zero-order valence-electron chi connectivity index (χ0n) is 35.9. The molecule has 0 spiro atoms. The van der Waals surface area contributed by atoms with Crippen LogP contribution in [-0.2, 0) is 46.2 Å². The van der Waals surface area contributed by atoms with E-state index in [-0.39, 0.29) is 50.0 Å². The van der Waals surface area contributed by atoms with Crippen LogP contribution in [-0.4, -0.2) is 54.4 Å². The first-order valence-electron chi connectivity index (χ1n) is 19.3. The Labute approximate surface area is 389 Å². The summed E-state index contributed by atoms with van der Waals surface area (Å²) in [6, 6.07) is 14.1. The van der Waals surface area contributed by atoms with Gasteiger partial charge in [-0.15, -0.1) is 10.2 Å². The molecule has 3 aromatic carbocycles. The van der Waals surface area contributed by atoms with Gasteiger partial charge in [-0.2, -0.15) is 54.8 Å². The van der Waals surface area contributed by atoms with Gasteiger partial charge in [-0.05, 0) is 110 Å². The van der Waals surface area contributed by atoms with Gasteiger partial charge in [-0.3, -0.25) is 18.8 Å². The number of hydrogen-bond donors (Lipinski definition) is 3. The number of nitrogens with two attached hydrogens (primary N) is 1. The third-order valence-electron chi connectivity index (χ3n) is 9.58. The third kappa shape index (κ3) is 12.2. The molecule has 0 bridgehead atoms. The first-order chi connectivity index (χ1) is 32.2. The van der Waals surface area contributed by atoms with Crippen molar-refractivity contribution in [1.29, 1.82) is 0 Å². The van der Waals surface area contributed by atoms with Gasteiger partial charge in [0.15, 0.2) is 17.1 Å². The van der Waals surface area contributed by atoms with E-state index in [0.29, 0.717) is 17.9 Å². The van der Waals surface area contributed by atoms with E-state index in [0.717, 1.165) is 66.5 Å². The molecule has 1 amide bonds. The maximum atomic E-state index is 14.4. The van der Waals surface area contributed by atoms with E-state index in [9.17, 15) is 57.5 Å². The van der Waals surface area contributed by atoms with Crippen LogP contribution in [0.4, 0.5) is 69.7 Å². The van der Waals surface area contributed by atoms with E-state index in [1.807, 2.05) is 6.92 Å². The number of aromatic nitrogens is 10. The van der Waals surface area contributed by atoms with Crippen molar-refractivity contribution in [3.63, 3.8) is 0 Å². The lowest BCUT2D eigenvalue weighted by atomic mass is 10.1. The van der Waals surface area contributed by atoms with Crippen molar-refractivity contribution >= 4 is 46.0 Å². The van der Waals surface area contributed by atoms with Crippen molar-refractivity contribution in [2.24, 2.45) is 21.1 Å². The Morgan fingerprint density at radius 3 is 1.36 bits per heavy atom. The monoisotopic (exact) mass is 1020 g/mol. The molecular weight excluding hydrogens is 983 g/mol. The van der Waals surface area contributed by atoms with Crippen LogP contribution < -0.4 is 16.4 Å². The van der Waals surface area contributed by atoms with Gasteiger partial charge in [0, 0.05) is 54.9 Å². The second kappa shape index (κ2) is 20.1. The highest BCUT2D eigenvalue weighted by atomic mass is 32.1. The van der Waals surface area contributed by atoms with Gasteiger partial charge in [0.05, 0.1) is 39.9 Å². The molecule has 0 aliphatic carbocycles. The summed E-state index contributed by atoms with van der Waals surface area (Å²) >= 11 is 2.15. The summed E-state index contributed by atoms with van der Waals surface area (Å²) in [6.45, 7) is 3.87. The number of nitrogens with one attached hydrogen (secondary N) is 2. The average Bonchev–Trinajstić information content (AvgIpc) is 4.10. The molecule has 8 rings (SSSR count). The Balaban J connectivity index is 0.000000173. The fourth-order valence-electron chi connectivity index (χ4n) is 6.17. The number of alkyl halides is 9. The molecule has 5 aromatic heterocycles. The van der Waals surface area contributed by atoms with Crippen molar-refractivity contribution in [3.05, 3.63) is 128 Å². The fraction of sp³-hybridized carbons (Fsp3) is 0.220. The molecule has 14 nitrogen and oxygen atoms in total. The summed E-state index contributed by atoms with van der Waals surface area (Å²) in [5.74, 6) is -2.61. The van der Waals surface area contributed by atoms with E-state index in [2.05, 4.69) is 45.1 Å². The molecule has 8 aromatic rings. The molecule has 0 saturated heterocycles. The molecule has 28 heteroatoms. The number of amides is 1. The van der Waals surface area contributed by atoms with Crippen molar-refractivity contribution in [2.75, 3.05) is 16.4 Å². The average molecular weight is 1020 g/mol. The van der Waals surface area contributed by atoms with Crippen molar-refractivity contribution in [1.82, 2.24) is 48.5 Å². The number of carbonyl (C=O) groups excluding carboxylic acids is 1. The van der Waals surface area contributed by atoms with Crippen molar-refractivity contribution in [2.45, 2.75) is 38.9 Å². The Hall–Kier alpha value is -7.36. The van der Waals surface area contributed by atoms with Crippen LogP contribution in [0, 0.1) is 31.3 Å². The number of hydrogen-bond acceptors (Lipinski definition) is 12. The number of aryl methyl sites for hydroxylation is 5. The standard InChI is InChI=1S/C15H11F4N5OS.C15H13F4N5S.C11H9F4N3/c1-7-13(26-23-21-7)14(25)20-8-3-4-9(10(16)5-8)11-6-12(15(17,18)19)22-24(11)2;1-8-13(25-23-21-8)7-20-9-3-4-10(11(16)5-9)12-6-14(15(17,18)19)22-24(12)2;1-18-9(5-10(17-18)11(13,14)15)7-3-2-6(16)4-8(7)12/h3-6H,1-2H3,(H,20,25);3-6,20H,7H2,1-2H3;2-5H,16H2,1H3. The second-order valence-corrected chi connectivity index (χ2v) is 16.1. The molecule has 0 fully saturated rings. The Morgan fingerprint density at radius 1 is 0.580 bits per heavy atom. The molecule has 0 radical (unpaired) electrons. The molecule has 69 heavy (non-hydrogen) atoms. The molecule has 0 aliphatic heterocycles. The van der Waals surface area contributed by atoms with Crippen LogP contribution in [0.3, 0.4) is 0 Å². The summed E-state index contributed by atoms with van der Waals surface area (Å²) in [4.78, 5) is 13.3. The lowest BCUT2D eigenvalue weighted by Crippen LogP contribution is -2.11. The zero-order valence-corrected chi connectivity index (χ0v) is 37.6. The molecule has 0 atom stereocenters. The summed E-state index contributed by atoms with van der Waals surface area (Å²) < 4.78 is 167. The number of anilines is 3. The molecule has 364 valence electrons. The van der Waals surface area contributed by atoms with Crippen LogP contribution >= 0.6 is 23.1 Å². The Bertz CT molecular complexity index is 3110. The number of rotatable bonds is 8. The van der Waals surface area contributed by atoms with Crippen molar-refractivity contribution < 1.29 is 57.5 Å². The van der Waals surface area contributed by atoms with Crippen LogP contribution in [0.15, 0.2) is 72.8 Å². The van der Waals surface area contributed by atoms with Gasteiger partial charge in [-0.1, -0.05) is 8.98 Å². The smallest absolute Gasteiger partial charge is 0.399 e. The van der Waals surface area contributed by atoms with Crippen LogP contribution in [0.25, 0.3) is 33.8 Å². The maximum absolute atomic E-state index is 14.4. The van der Waals surface area contributed by atoms with E-state index in [4.69, 9.17) is 5.73 Å². The predicted octanol–water partition coefficient (Wildman–Crippen LogP) is 10.5. The van der Waals surface area contributed by atoms with Gasteiger partial charge < -0.3 is 16.4 Å². The third-order valence-corrected chi connectivity index (χ3v) is 11.2. The summed E-state index contributed by atoms with van der Waals surface area (Å²) in [5.41, 5.74) is 4.32. The number of benzene rings is 3. The van der Waals surface area contributed by atoms with Gasteiger partial charge >= 0.3 is 18.5 Å². The normalized spacial score (nSPS) is 11.7. The van der Waals surface area contributed by atoms with Gasteiger partial charge in [0.2, 0.25) is 0 Å². The van der Waals surface area contributed by atoms with E-state index >= 15 is 0 Å². The minimum atomic E-state index is -4.62. The number of nitrogen functional groups attached to an aromatic ring is 1. The number of halogens is 12. The first-order valence-corrected chi connectivity index (χ1v) is 20.9. The van der Waals surface area contributed by atoms with E-state index in [1.165, 1.54) is 69.1 Å². The second-order valence-electron chi connectivity index (χ2n) is 14.5. The van der Waals surface area contributed by atoms with E-state index in [1.54, 1.807) is 13.0 Å². The highest BCUT2D eigenvalue weighted by Gasteiger charge is 2.37. The number of nitrogens with zero attached hydrogens (tertiary/aromatic N) is 10. The highest BCUT2D eigenvalue weighted by molar-refractivity contribution is 7.08. The lowest BCUT2D eigenvalue weighted by Gasteiger charge is -2.08. The Kier molecular flexibility index (Phi) is 14.9. The minimum absolute atomic E-state index is 0.0229. The van der Waals surface area contributed by atoms with Gasteiger partial charge in [-0.25, -0.2) is 13.2 Å². The molecule has 0 saturated carbocycles. The molecule has 4 N–H and O–H groups in total. The topological polar surface area (TPSA) is 172 Å². The van der Waals surface area contributed by atoms with Crippen LogP contribution in [0.1, 0.15) is 43.0 Å². The van der Waals surface area contributed by atoms with E-state index < -0.39 is 59.0 Å². The largest absolute Gasteiger partial charge is 0.435 e. The molecule has 0 unspecified atom stereocenters. The van der Waals surface area contributed by atoms with Crippen LogP contribution in [0.5, 0.6) is 0 Å². The summed E-state index contributed by atoms with van der Waals surface area (Å²) in [5, 5.41) is 23.2. The summed E-state index contributed by atoms with van der Waals surface area (Å²) in [7, 11) is 3.95. The lowest BCUT2D eigenvalue weighted by molar-refractivity contribution is -0.142. The quantitative estimate of drug-likeness (QED) is 0.0983. The van der Waals surface area contributed by atoms with Gasteiger partial charge in [0.25, 0.3) is 5.91 Å². The fourth-order valence-corrected chi connectivity index (χ4v) is 7.29. The summed E-state index contributed by atoms with van der Waals surface area (Å²) in [6.07, 6.45) is -13.8. The maximum Gasteiger partial charge on any atom is 0.435 e. The molecular formula is C41H33F12N13OS2. The zero-order chi connectivity index (χ0) is 50.7. The number of carbonyl (C=O) groups is 1. The minimum Gasteiger partial charge on any atom is -0.399 e. The molecule has 5 heterocycles.